The lowest BCUT2D eigenvalue weighted by Crippen LogP contribution is -2.50. The first-order valence-electron chi connectivity index (χ1n) is 13.2. The molecule has 190 valence electrons. The van der Waals surface area contributed by atoms with Crippen LogP contribution in [0.25, 0.3) is 0 Å². The van der Waals surface area contributed by atoms with Gasteiger partial charge in [0, 0.05) is 44.1 Å². The molecule has 1 aromatic rings. The zero-order chi connectivity index (χ0) is 24.9. The van der Waals surface area contributed by atoms with E-state index in [1.807, 2.05) is 20.9 Å². The van der Waals surface area contributed by atoms with Crippen LogP contribution >= 0.6 is 0 Å². The van der Waals surface area contributed by atoms with E-state index in [4.69, 9.17) is 4.74 Å². The second-order valence-electron chi connectivity index (χ2n) is 10.8. The molecular formula is C28H39N3O4. The molecule has 0 aromatic carbocycles. The van der Waals surface area contributed by atoms with Gasteiger partial charge in [-0.3, -0.25) is 9.59 Å². The maximum Gasteiger partial charge on any atom is 0.259 e. The van der Waals surface area contributed by atoms with Crippen molar-refractivity contribution in [2.75, 3.05) is 26.7 Å². The van der Waals surface area contributed by atoms with Gasteiger partial charge in [0.05, 0.1) is 19.2 Å². The molecule has 0 radical (unpaired) electrons. The van der Waals surface area contributed by atoms with Crippen LogP contribution in [0.4, 0.5) is 0 Å². The number of rotatable bonds is 7. The molecule has 2 fully saturated rings. The van der Waals surface area contributed by atoms with Gasteiger partial charge in [0.25, 0.3) is 5.91 Å². The highest BCUT2D eigenvalue weighted by Crippen LogP contribution is 2.33. The van der Waals surface area contributed by atoms with E-state index in [0.29, 0.717) is 42.5 Å². The van der Waals surface area contributed by atoms with E-state index in [9.17, 15) is 14.7 Å². The first kappa shape index (κ1) is 25.5. The number of amides is 2. The van der Waals surface area contributed by atoms with Gasteiger partial charge in [-0.15, -0.1) is 0 Å². The van der Waals surface area contributed by atoms with Crippen molar-refractivity contribution in [3.8, 4) is 17.7 Å². The average molecular weight is 482 g/mol. The maximum absolute atomic E-state index is 13.5. The van der Waals surface area contributed by atoms with E-state index >= 15 is 0 Å². The smallest absolute Gasteiger partial charge is 0.259 e. The minimum Gasteiger partial charge on any atom is -0.472 e. The van der Waals surface area contributed by atoms with E-state index in [2.05, 4.69) is 16.8 Å². The second-order valence-corrected chi connectivity index (χ2v) is 10.8. The second kappa shape index (κ2) is 11.4. The Bertz CT molecular complexity index is 974. The lowest BCUT2D eigenvalue weighted by atomic mass is 9.99. The van der Waals surface area contributed by atoms with Gasteiger partial charge in [-0.1, -0.05) is 31.6 Å². The number of aromatic nitrogens is 1. The number of ether oxygens (including phenoxy) is 1. The molecule has 3 atom stereocenters. The number of nitrogens with zero attached hydrogens (tertiary/aromatic N) is 3. The zero-order valence-electron chi connectivity index (χ0n) is 21.3. The molecule has 2 aliphatic carbocycles. The predicted molar refractivity (Wildman–Crippen MR) is 134 cm³/mol. The third-order valence-electron chi connectivity index (χ3n) is 7.66. The summed E-state index contributed by atoms with van der Waals surface area (Å²) in [6.45, 7) is 4.57. The lowest BCUT2D eigenvalue weighted by molar-refractivity contribution is -0.131. The molecule has 0 spiro atoms. The van der Waals surface area contributed by atoms with Crippen LogP contribution in [-0.4, -0.2) is 70.6 Å². The van der Waals surface area contributed by atoms with Crippen molar-refractivity contribution in [3.05, 3.63) is 23.4 Å². The van der Waals surface area contributed by atoms with Crippen LogP contribution in [-0.2, 0) is 4.79 Å². The molecule has 1 N–H and O–H groups in total. The Kier molecular flexibility index (Phi) is 8.33. The zero-order valence-corrected chi connectivity index (χ0v) is 21.3. The van der Waals surface area contributed by atoms with Crippen LogP contribution in [0.1, 0.15) is 81.1 Å². The Hall–Kier alpha value is -2.59. The van der Waals surface area contributed by atoms with E-state index in [1.54, 1.807) is 22.1 Å². The molecule has 4 rings (SSSR count). The molecule has 35 heavy (non-hydrogen) atoms. The highest BCUT2D eigenvalue weighted by Gasteiger charge is 2.35. The summed E-state index contributed by atoms with van der Waals surface area (Å²) in [6.07, 6.45) is 10.1. The predicted octanol–water partition coefficient (Wildman–Crippen LogP) is 3.49. The first-order chi connectivity index (χ1) is 16.9. The Morgan fingerprint density at radius 2 is 2.03 bits per heavy atom. The molecule has 2 amide bonds. The van der Waals surface area contributed by atoms with Crippen molar-refractivity contribution in [2.24, 2.45) is 17.8 Å². The van der Waals surface area contributed by atoms with Crippen molar-refractivity contribution in [1.29, 1.82) is 0 Å². The number of likely N-dealkylation sites (N-methyl/N-ethyl adjacent to an activating group) is 1. The molecule has 2 heterocycles. The fourth-order valence-electron chi connectivity index (χ4n) is 5.00. The summed E-state index contributed by atoms with van der Waals surface area (Å²) in [4.78, 5) is 34.1. The van der Waals surface area contributed by atoms with Gasteiger partial charge in [-0.25, -0.2) is 4.98 Å². The Labute approximate surface area is 209 Å². The summed E-state index contributed by atoms with van der Waals surface area (Å²) < 4.78 is 6.30. The van der Waals surface area contributed by atoms with Crippen molar-refractivity contribution < 1.29 is 19.4 Å². The largest absolute Gasteiger partial charge is 0.472 e. The number of hydrogen-bond donors (Lipinski definition) is 1. The fraction of sp³-hybridized carbons (Fsp3) is 0.679. The number of pyridine rings is 1. The summed E-state index contributed by atoms with van der Waals surface area (Å²) >= 11 is 0. The monoisotopic (exact) mass is 481 g/mol. The van der Waals surface area contributed by atoms with Gasteiger partial charge in [0.1, 0.15) is 11.7 Å². The molecule has 7 nitrogen and oxygen atoms in total. The lowest BCUT2D eigenvalue weighted by Gasteiger charge is -2.37. The number of aliphatic hydroxyl groups excluding tert-OH is 1. The molecule has 0 saturated heterocycles. The SMILES string of the molecule is C[C@H](CO)N1C[C@H](C)[C@H](CN(C)C(=O)CC2CC2)Oc2ncc(C#CCC3CCCC3)cc2C1=O. The summed E-state index contributed by atoms with van der Waals surface area (Å²) in [5, 5.41) is 9.83. The number of carbonyl (C=O) groups is 2. The molecule has 7 heteroatoms. The number of fused-ring (bicyclic) bond motifs is 1. The number of carbonyl (C=O) groups excluding carboxylic acids is 2. The van der Waals surface area contributed by atoms with Crippen molar-refractivity contribution in [2.45, 2.75) is 77.4 Å². The normalized spacial score (nSPS) is 23.4. The van der Waals surface area contributed by atoms with E-state index in [0.717, 1.165) is 19.3 Å². The average Bonchev–Trinajstić information content (AvgIpc) is 3.51. The summed E-state index contributed by atoms with van der Waals surface area (Å²) in [7, 11) is 1.82. The van der Waals surface area contributed by atoms with Crippen LogP contribution in [0, 0.1) is 29.6 Å². The molecular weight excluding hydrogens is 442 g/mol. The topological polar surface area (TPSA) is 83.0 Å². The van der Waals surface area contributed by atoms with Crippen LogP contribution in [0.3, 0.4) is 0 Å². The third-order valence-corrected chi connectivity index (χ3v) is 7.66. The summed E-state index contributed by atoms with van der Waals surface area (Å²) in [6, 6.07) is 1.42. The minimum absolute atomic E-state index is 0.0510. The fourth-order valence-corrected chi connectivity index (χ4v) is 5.00. The van der Waals surface area contributed by atoms with Gasteiger partial charge in [0.15, 0.2) is 0 Å². The molecule has 2 saturated carbocycles. The Morgan fingerprint density at radius 1 is 1.29 bits per heavy atom. The summed E-state index contributed by atoms with van der Waals surface area (Å²) in [5.41, 5.74) is 1.05. The van der Waals surface area contributed by atoms with E-state index in [-0.39, 0.29) is 42.4 Å². The highest BCUT2D eigenvalue weighted by molar-refractivity contribution is 5.97. The van der Waals surface area contributed by atoms with Gasteiger partial charge in [0.2, 0.25) is 11.8 Å². The maximum atomic E-state index is 13.5. The van der Waals surface area contributed by atoms with Crippen LogP contribution in [0.5, 0.6) is 5.88 Å². The molecule has 0 bridgehead atoms. The van der Waals surface area contributed by atoms with Crippen molar-refractivity contribution in [1.82, 2.24) is 14.8 Å². The molecule has 1 aromatic heterocycles. The first-order valence-corrected chi connectivity index (χ1v) is 13.2. The van der Waals surface area contributed by atoms with E-state index < -0.39 is 0 Å². The highest BCUT2D eigenvalue weighted by atomic mass is 16.5. The van der Waals surface area contributed by atoms with E-state index in [1.165, 1.54) is 25.7 Å². The summed E-state index contributed by atoms with van der Waals surface area (Å²) in [5.74, 6) is 7.79. The van der Waals surface area contributed by atoms with Gasteiger partial charge < -0.3 is 19.6 Å². The number of aliphatic hydroxyl groups is 1. The third kappa shape index (κ3) is 6.55. The number of hydrogen-bond acceptors (Lipinski definition) is 5. The Morgan fingerprint density at radius 3 is 2.71 bits per heavy atom. The van der Waals surface area contributed by atoms with Gasteiger partial charge in [-0.2, -0.15) is 0 Å². The van der Waals surface area contributed by atoms with Crippen molar-refractivity contribution in [3.63, 3.8) is 0 Å². The minimum atomic E-state index is -0.345. The van der Waals surface area contributed by atoms with Crippen LogP contribution < -0.4 is 4.74 Å². The Balaban J connectivity index is 1.56. The molecule has 0 unspecified atom stereocenters. The van der Waals surface area contributed by atoms with Gasteiger partial charge in [-0.05, 0) is 50.5 Å². The van der Waals surface area contributed by atoms with Gasteiger partial charge >= 0.3 is 0 Å². The molecule has 3 aliphatic rings. The standard InChI is InChI=1S/C28H39N3O4/c1-19-16-31(20(2)18-32)28(34)24-13-23(10-6-9-21-7-4-5-8-21)15-29-27(24)35-25(19)17-30(3)26(33)14-22-11-12-22/h13,15,19-22,25,32H,4-5,7-9,11-12,14,16-18H2,1-3H3/t19-,20+,25-/m0/s1. The van der Waals surface area contributed by atoms with Crippen LogP contribution in [0.2, 0.25) is 0 Å². The van der Waals surface area contributed by atoms with Crippen molar-refractivity contribution >= 4 is 11.8 Å². The van der Waals surface area contributed by atoms with Crippen LogP contribution in [0.15, 0.2) is 12.3 Å². The quantitative estimate of drug-likeness (QED) is 0.603. The molecule has 1 aliphatic heterocycles.